The second-order valence-corrected chi connectivity index (χ2v) is 3.52. The molecule has 0 N–H and O–H groups in total. The molecule has 4 heteroatoms. The molecule has 2 rings (SSSR count). The summed E-state index contributed by atoms with van der Waals surface area (Å²) in [5.41, 5.74) is 1.55. The Balaban J connectivity index is 2.42. The van der Waals surface area contributed by atoms with Crippen LogP contribution in [-0.4, -0.2) is 10.8 Å². The van der Waals surface area contributed by atoms with Crippen molar-refractivity contribution in [1.29, 1.82) is 0 Å². The van der Waals surface area contributed by atoms with Crippen molar-refractivity contribution in [2.24, 2.45) is 0 Å². The van der Waals surface area contributed by atoms with Gasteiger partial charge in [-0.2, -0.15) is 0 Å². The van der Waals surface area contributed by atoms with Gasteiger partial charge in [-0.05, 0) is 5.56 Å². The zero-order valence-corrected chi connectivity index (χ0v) is 9.40. The summed E-state index contributed by atoms with van der Waals surface area (Å²) in [5, 5.41) is 0.635. The molecule has 0 aliphatic carbocycles. The summed E-state index contributed by atoms with van der Waals surface area (Å²) in [5.74, 6) is -0.0570. The fourth-order valence-electron chi connectivity index (χ4n) is 1.31. The molecule has 2 aromatic rings. The molecule has 0 atom stereocenters. The van der Waals surface area contributed by atoms with Crippen LogP contribution >= 0.6 is 15.9 Å². The minimum absolute atomic E-state index is 0.128. The van der Waals surface area contributed by atoms with Crippen molar-refractivity contribution in [2.45, 2.75) is 5.33 Å². The summed E-state index contributed by atoms with van der Waals surface area (Å²) in [7, 11) is 0. The number of ketones is 1. The molecule has 0 bridgehead atoms. The first-order valence-corrected chi connectivity index (χ1v) is 5.53. The SMILES string of the molecule is O=C(c1ncco1)c1ccccc1CBr. The van der Waals surface area contributed by atoms with Crippen LogP contribution in [0.2, 0.25) is 0 Å². The van der Waals surface area contributed by atoms with E-state index in [-0.39, 0.29) is 11.7 Å². The third kappa shape index (κ3) is 1.99. The van der Waals surface area contributed by atoms with Gasteiger partial charge in [0, 0.05) is 10.9 Å². The quantitative estimate of drug-likeness (QED) is 0.633. The molecule has 0 saturated heterocycles. The smallest absolute Gasteiger partial charge is 0.268 e. The van der Waals surface area contributed by atoms with Crippen LogP contribution in [0.25, 0.3) is 0 Å². The fourth-order valence-corrected chi connectivity index (χ4v) is 1.80. The van der Waals surface area contributed by atoms with Crippen LogP contribution in [0.5, 0.6) is 0 Å². The second-order valence-electron chi connectivity index (χ2n) is 2.96. The van der Waals surface area contributed by atoms with Crippen LogP contribution in [0.4, 0.5) is 0 Å². The van der Waals surface area contributed by atoms with E-state index in [0.717, 1.165) is 5.56 Å². The molecule has 0 spiro atoms. The summed E-state index contributed by atoms with van der Waals surface area (Å²) in [6, 6.07) is 7.37. The van der Waals surface area contributed by atoms with E-state index in [1.54, 1.807) is 6.07 Å². The third-order valence-corrected chi connectivity index (χ3v) is 2.64. The lowest BCUT2D eigenvalue weighted by atomic mass is 10.1. The Morgan fingerprint density at radius 2 is 2.20 bits per heavy atom. The Hall–Kier alpha value is -1.42. The number of carbonyl (C=O) groups excluding carboxylic acids is 1. The lowest BCUT2D eigenvalue weighted by Crippen LogP contribution is -2.04. The molecule has 1 aromatic heterocycles. The Morgan fingerprint density at radius 3 is 2.87 bits per heavy atom. The Bertz CT molecular complexity index is 465. The molecule has 15 heavy (non-hydrogen) atoms. The normalized spacial score (nSPS) is 10.2. The zero-order chi connectivity index (χ0) is 10.7. The number of nitrogens with zero attached hydrogens (tertiary/aromatic N) is 1. The van der Waals surface area contributed by atoms with Crippen molar-refractivity contribution in [3.63, 3.8) is 0 Å². The predicted octanol–water partition coefficient (Wildman–Crippen LogP) is 2.80. The highest BCUT2D eigenvalue weighted by molar-refractivity contribution is 9.08. The average molecular weight is 266 g/mol. The summed E-state index contributed by atoms with van der Waals surface area (Å²) in [6.45, 7) is 0. The summed E-state index contributed by atoms with van der Waals surface area (Å²) >= 11 is 3.34. The van der Waals surface area contributed by atoms with Crippen molar-refractivity contribution in [1.82, 2.24) is 4.98 Å². The number of alkyl halides is 1. The van der Waals surface area contributed by atoms with E-state index < -0.39 is 0 Å². The van der Waals surface area contributed by atoms with Crippen molar-refractivity contribution >= 4 is 21.7 Å². The number of aromatic nitrogens is 1. The molecule has 0 fully saturated rings. The minimum atomic E-state index is -0.185. The van der Waals surface area contributed by atoms with E-state index in [9.17, 15) is 4.79 Å². The number of halogens is 1. The van der Waals surface area contributed by atoms with Crippen molar-refractivity contribution in [3.05, 3.63) is 53.7 Å². The monoisotopic (exact) mass is 265 g/mol. The Morgan fingerprint density at radius 1 is 1.40 bits per heavy atom. The summed E-state index contributed by atoms with van der Waals surface area (Å²) in [6.07, 6.45) is 2.86. The average Bonchev–Trinajstić information content (AvgIpc) is 2.81. The van der Waals surface area contributed by atoms with E-state index >= 15 is 0 Å². The third-order valence-electron chi connectivity index (χ3n) is 2.03. The molecule has 1 aromatic carbocycles. The van der Waals surface area contributed by atoms with Gasteiger partial charge in [0.2, 0.25) is 5.78 Å². The first kappa shape index (κ1) is 10.1. The maximum atomic E-state index is 11.9. The van der Waals surface area contributed by atoms with Crippen LogP contribution in [0, 0.1) is 0 Å². The van der Waals surface area contributed by atoms with Crippen molar-refractivity contribution in [2.75, 3.05) is 0 Å². The molecule has 1 heterocycles. The van der Waals surface area contributed by atoms with Gasteiger partial charge in [0.25, 0.3) is 5.89 Å². The highest BCUT2D eigenvalue weighted by Crippen LogP contribution is 2.15. The van der Waals surface area contributed by atoms with Gasteiger partial charge in [0.1, 0.15) is 6.26 Å². The van der Waals surface area contributed by atoms with E-state index in [2.05, 4.69) is 20.9 Å². The molecule has 76 valence electrons. The van der Waals surface area contributed by atoms with Gasteiger partial charge in [-0.1, -0.05) is 40.2 Å². The lowest BCUT2D eigenvalue weighted by Gasteiger charge is -2.02. The van der Waals surface area contributed by atoms with Gasteiger partial charge in [0.05, 0.1) is 6.20 Å². The van der Waals surface area contributed by atoms with Crippen LogP contribution < -0.4 is 0 Å². The molecule has 0 amide bonds. The van der Waals surface area contributed by atoms with E-state index in [1.807, 2.05) is 18.2 Å². The van der Waals surface area contributed by atoms with Gasteiger partial charge in [0.15, 0.2) is 0 Å². The fraction of sp³-hybridized carbons (Fsp3) is 0.0909. The maximum absolute atomic E-state index is 11.9. The summed E-state index contributed by atoms with van der Waals surface area (Å²) in [4.78, 5) is 15.7. The van der Waals surface area contributed by atoms with Crippen LogP contribution in [0.15, 0.2) is 41.1 Å². The topological polar surface area (TPSA) is 43.1 Å². The Labute approximate surface area is 95.3 Å². The largest absolute Gasteiger partial charge is 0.442 e. The van der Waals surface area contributed by atoms with Crippen molar-refractivity contribution < 1.29 is 9.21 Å². The highest BCUT2D eigenvalue weighted by Gasteiger charge is 2.16. The minimum Gasteiger partial charge on any atom is -0.442 e. The first-order chi connectivity index (χ1) is 7.33. The van der Waals surface area contributed by atoms with Gasteiger partial charge in [-0.25, -0.2) is 4.98 Å². The lowest BCUT2D eigenvalue weighted by molar-refractivity contribution is 0.100. The number of carbonyl (C=O) groups is 1. The zero-order valence-electron chi connectivity index (χ0n) is 7.81. The highest BCUT2D eigenvalue weighted by atomic mass is 79.9. The van der Waals surface area contributed by atoms with Crippen LogP contribution in [-0.2, 0) is 5.33 Å². The number of oxazole rings is 1. The van der Waals surface area contributed by atoms with E-state index in [4.69, 9.17) is 4.42 Å². The molecular weight excluding hydrogens is 258 g/mol. The molecule has 0 aliphatic rings. The van der Waals surface area contributed by atoms with Crippen LogP contribution in [0.1, 0.15) is 21.8 Å². The second kappa shape index (κ2) is 4.40. The maximum Gasteiger partial charge on any atom is 0.268 e. The molecule has 0 radical (unpaired) electrons. The number of hydrogen-bond acceptors (Lipinski definition) is 3. The predicted molar refractivity (Wildman–Crippen MR) is 59.0 cm³/mol. The number of benzene rings is 1. The molecule has 3 nitrogen and oxygen atoms in total. The summed E-state index contributed by atoms with van der Waals surface area (Å²) < 4.78 is 4.97. The molecule has 0 aliphatic heterocycles. The first-order valence-electron chi connectivity index (χ1n) is 4.41. The molecular formula is C11H8BrNO2. The molecule has 0 saturated carbocycles. The number of rotatable bonds is 3. The van der Waals surface area contributed by atoms with Crippen LogP contribution in [0.3, 0.4) is 0 Å². The van der Waals surface area contributed by atoms with Gasteiger partial charge in [-0.3, -0.25) is 4.79 Å². The van der Waals surface area contributed by atoms with E-state index in [0.29, 0.717) is 10.9 Å². The van der Waals surface area contributed by atoms with Gasteiger partial charge >= 0.3 is 0 Å². The number of hydrogen-bond donors (Lipinski definition) is 0. The standard InChI is InChI=1S/C11H8BrNO2/c12-7-8-3-1-2-4-9(8)10(14)11-13-5-6-15-11/h1-6H,7H2. The molecule has 0 unspecified atom stereocenters. The van der Waals surface area contributed by atoms with Gasteiger partial charge < -0.3 is 4.42 Å². The van der Waals surface area contributed by atoms with E-state index in [1.165, 1.54) is 12.5 Å². The van der Waals surface area contributed by atoms with Crippen molar-refractivity contribution in [3.8, 4) is 0 Å². The Kier molecular flexibility index (Phi) is 2.97. The van der Waals surface area contributed by atoms with Gasteiger partial charge in [-0.15, -0.1) is 0 Å².